The SMILES string of the molecule is CC[C@@H]1CN(Cc2cc(C(CC(=O)Nc3ncccn3)c3ccc(N(N)CC)c(N)c3C)ccc2C)[S+]([O-])c2cccnc2O1. The summed E-state index contributed by atoms with van der Waals surface area (Å²) in [6, 6.07) is 15.3. The maximum Gasteiger partial charge on any atom is 0.273 e. The molecular weight excluding hydrogens is 588 g/mol. The number of amides is 1. The highest BCUT2D eigenvalue weighted by Crippen LogP contribution is 2.38. The molecule has 2 aromatic heterocycles. The summed E-state index contributed by atoms with van der Waals surface area (Å²) in [4.78, 5) is 26.6. The minimum absolute atomic E-state index is 0.126. The van der Waals surface area contributed by atoms with E-state index in [9.17, 15) is 9.35 Å². The van der Waals surface area contributed by atoms with Crippen LogP contribution in [0, 0.1) is 13.8 Å². The number of hydrazine groups is 1. The third kappa shape index (κ3) is 7.20. The van der Waals surface area contributed by atoms with Gasteiger partial charge < -0.3 is 20.0 Å². The van der Waals surface area contributed by atoms with Gasteiger partial charge in [-0.3, -0.25) is 10.1 Å². The van der Waals surface area contributed by atoms with Crippen LogP contribution in [0.2, 0.25) is 0 Å². The number of nitrogen functional groups attached to an aromatic ring is 1. The number of ether oxygens (including phenoxy) is 1. The fraction of sp³-hybridized carbons (Fsp3) is 0.333. The lowest BCUT2D eigenvalue weighted by molar-refractivity contribution is -0.116. The van der Waals surface area contributed by atoms with Crippen molar-refractivity contribution in [3.05, 3.63) is 94.9 Å². The summed E-state index contributed by atoms with van der Waals surface area (Å²) in [7, 11) is 0. The number of carbonyl (C=O) groups excluding carboxylic acids is 1. The van der Waals surface area contributed by atoms with E-state index in [1.54, 1.807) is 41.8 Å². The van der Waals surface area contributed by atoms with Crippen molar-refractivity contribution >= 4 is 34.6 Å². The van der Waals surface area contributed by atoms with Crippen molar-refractivity contribution in [1.82, 2.24) is 19.3 Å². The van der Waals surface area contributed by atoms with Gasteiger partial charge in [0, 0.05) is 43.5 Å². The van der Waals surface area contributed by atoms with Gasteiger partial charge in [0.05, 0.1) is 35.8 Å². The van der Waals surface area contributed by atoms with Crippen LogP contribution in [-0.4, -0.2) is 48.9 Å². The molecule has 0 saturated carbocycles. The van der Waals surface area contributed by atoms with Gasteiger partial charge >= 0.3 is 0 Å². The van der Waals surface area contributed by atoms with Crippen LogP contribution >= 0.6 is 0 Å². The molecule has 5 N–H and O–H groups in total. The Morgan fingerprint density at radius 1 is 1.13 bits per heavy atom. The molecule has 45 heavy (non-hydrogen) atoms. The lowest BCUT2D eigenvalue weighted by Gasteiger charge is -2.26. The number of nitrogens with zero attached hydrogens (tertiary/aromatic N) is 5. The Bertz CT molecular complexity index is 1640. The molecule has 1 amide bonds. The highest BCUT2D eigenvalue weighted by atomic mass is 32.2. The fourth-order valence-electron chi connectivity index (χ4n) is 5.49. The molecule has 1 aliphatic heterocycles. The van der Waals surface area contributed by atoms with Crippen LogP contribution in [0.25, 0.3) is 0 Å². The second kappa shape index (κ2) is 14.2. The number of anilines is 3. The third-order valence-corrected chi connectivity index (χ3v) is 9.62. The lowest BCUT2D eigenvalue weighted by atomic mass is 9.83. The number of carbonyl (C=O) groups is 1. The molecule has 2 unspecified atom stereocenters. The molecule has 5 rings (SSSR count). The van der Waals surface area contributed by atoms with E-state index in [0.717, 1.165) is 39.9 Å². The number of benzene rings is 2. The van der Waals surface area contributed by atoms with Crippen molar-refractivity contribution < 1.29 is 14.1 Å². The summed E-state index contributed by atoms with van der Waals surface area (Å²) in [5.74, 6) is 6.28. The number of hydrogen-bond acceptors (Lipinski definition) is 10. The minimum atomic E-state index is -1.47. The van der Waals surface area contributed by atoms with Crippen LogP contribution in [0.15, 0.2) is 72.0 Å². The van der Waals surface area contributed by atoms with Crippen molar-refractivity contribution in [2.24, 2.45) is 5.84 Å². The second-order valence-corrected chi connectivity index (χ2v) is 12.5. The number of aromatic nitrogens is 3. The number of rotatable bonds is 10. The minimum Gasteiger partial charge on any atom is -0.593 e. The van der Waals surface area contributed by atoms with Crippen LogP contribution in [-0.2, 0) is 22.7 Å². The zero-order valence-corrected chi connectivity index (χ0v) is 26.9. The molecule has 0 radical (unpaired) electrons. The molecular formula is C33H40N8O3S. The molecule has 4 aromatic rings. The third-order valence-electron chi connectivity index (χ3n) is 8.19. The maximum absolute atomic E-state index is 13.8. The molecule has 1 aliphatic rings. The normalized spacial score (nSPS) is 17.1. The molecule has 3 atom stereocenters. The van der Waals surface area contributed by atoms with Gasteiger partial charge in [-0.2, -0.15) is 0 Å². The molecule has 0 fully saturated rings. The highest BCUT2D eigenvalue weighted by molar-refractivity contribution is 7.89. The van der Waals surface area contributed by atoms with Gasteiger partial charge in [-0.25, -0.2) is 20.8 Å². The van der Waals surface area contributed by atoms with Crippen molar-refractivity contribution in [2.45, 2.75) is 64.0 Å². The smallest absolute Gasteiger partial charge is 0.273 e. The number of hydrogen-bond donors (Lipinski definition) is 3. The van der Waals surface area contributed by atoms with E-state index in [4.69, 9.17) is 16.3 Å². The molecule has 0 spiro atoms. The topological polar surface area (TPSA) is 159 Å². The Balaban J connectivity index is 1.52. The summed E-state index contributed by atoms with van der Waals surface area (Å²) in [6.07, 6.45) is 5.54. The Morgan fingerprint density at radius 3 is 2.62 bits per heavy atom. The summed E-state index contributed by atoms with van der Waals surface area (Å²) in [5.41, 5.74) is 12.7. The fourth-order valence-corrected chi connectivity index (χ4v) is 6.77. The number of aryl methyl sites for hydroxylation is 1. The van der Waals surface area contributed by atoms with Gasteiger partial charge in [-0.05, 0) is 73.2 Å². The highest BCUT2D eigenvalue weighted by Gasteiger charge is 2.35. The predicted octanol–water partition coefficient (Wildman–Crippen LogP) is 4.63. The van der Waals surface area contributed by atoms with E-state index >= 15 is 0 Å². The van der Waals surface area contributed by atoms with Crippen molar-refractivity contribution in [2.75, 3.05) is 29.1 Å². The Kier molecular flexibility index (Phi) is 10.2. The van der Waals surface area contributed by atoms with Gasteiger partial charge in [-0.15, -0.1) is 4.31 Å². The molecule has 12 heteroatoms. The number of pyridine rings is 1. The zero-order valence-electron chi connectivity index (χ0n) is 26.1. The van der Waals surface area contributed by atoms with Crippen molar-refractivity contribution in [1.29, 1.82) is 0 Å². The number of nitrogens with two attached hydrogens (primary N) is 2. The van der Waals surface area contributed by atoms with Crippen LogP contribution in [0.5, 0.6) is 5.88 Å². The van der Waals surface area contributed by atoms with Crippen molar-refractivity contribution in [3.63, 3.8) is 0 Å². The molecule has 0 aliphatic carbocycles. The van der Waals surface area contributed by atoms with E-state index in [2.05, 4.69) is 26.3 Å². The zero-order chi connectivity index (χ0) is 32.1. The lowest BCUT2D eigenvalue weighted by Crippen LogP contribution is -2.36. The Labute approximate surface area is 267 Å². The molecule has 0 saturated heterocycles. The van der Waals surface area contributed by atoms with E-state index in [-0.39, 0.29) is 30.3 Å². The maximum atomic E-state index is 13.8. The van der Waals surface area contributed by atoms with E-state index in [1.165, 1.54) is 0 Å². The van der Waals surface area contributed by atoms with E-state index in [0.29, 0.717) is 36.1 Å². The van der Waals surface area contributed by atoms with Gasteiger partial charge in [0.1, 0.15) is 6.10 Å². The monoisotopic (exact) mass is 628 g/mol. The van der Waals surface area contributed by atoms with Crippen LogP contribution in [0.3, 0.4) is 0 Å². The first-order valence-corrected chi connectivity index (χ1v) is 16.2. The average Bonchev–Trinajstić information content (AvgIpc) is 3.18. The van der Waals surface area contributed by atoms with Gasteiger partial charge in [-0.1, -0.05) is 31.2 Å². The molecule has 236 valence electrons. The van der Waals surface area contributed by atoms with Gasteiger partial charge in [0.2, 0.25) is 16.8 Å². The van der Waals surface area contributed by atoms with Gasteiger partial charge in [0.25, 0.3) is 5.88 Å². The Hall–Kier alpha value is -4.23. The first-order chi connectivity index (χ1) is 21.7. The van der Waals surface area contributed by atoms with Crippen LogP contribution in [0.1, 0.15) is 60.4 Å². The Morgan fingerprint density at radius 2 is 1.89 bits per heavy atom. The first kappa shape index (κ1) is 32.2. The predicted molar refractivity (Wildman–Crippen MR) is 177 cm³/mol. The van der Waals surface area contributed by atoms with E-state index < -0.39 is 11.4 Å². The summed E-state index contributed by atoms with van der Waals surface area (Å²) in [5, 5.41) is 4.42. The molecule has 11 nitrogen and oxygen atoms in total. The van der Waals surface area contributed by atoms with E-state index in [1.807, 2.05) is 56.3 Å². The summed E-state index contributed by atoms with van der Waals surface area (Å²) in [6.45, 7) is 9.49. The average molecular weight is 629 g/mol. The van der Waals surface area contributed by atoms with Crippen LogP contribution in [0.4, 0.5) is 17.3 Å². The summed E-state index contributed by atoms with van der Waals surface area (Å²) >= 11 is -1.47. The second-order valence-electron chi connectivity index (χ2n) is 11.1. The van der Waals surface area contributed by atoms with Crippen LogP contribution < -0.4 is 26.6 Å². The van der Waals surface area contributed by atoms with Crippen molar-refractivity contribution in [3.8, 4) is 5.88 Å². The molecule has 3 heterocycles. The molecule has 2 aromatic carbocycles. The first-order valence-electron chi connectivity index (χ1n) is 15.1. The molecule has 0 bridgehead atoms. The largest absolute Gasteiger partial charge is 0.593 e. The quantitative estimate of drug-likeness (QED) is 0.0979. The number of nitrogens with one attached hydrogen (secondary N) is 1. The van der Waals surface area contributed by atoms with Gasteiger partial charge in [0.15, 0.2) is 0 Å². The standard InChI is InChI=1S/C33H40N8O3S/c1-5-25-20-40(45(43)29-9-7-14-36-32(29)44-25)19-24-17-23(11-10-21(24)3)27(18-30(42)39-33-37-15-8-16-38-33)26-12-13-28(41(35)6-2)31(34)22(26)4/h7-17,25,27H,5-6,18-20,34-35H2,1-4H3,(H,37,38,39,42)/t25-,27?,45?/m1/s1. The number of fused-ring (bicyclic) bond motifs is 1. The summed E-state index contributed by atoms with van der Waals surface area (Å²) < 4.78 is 21.8.